The standard InChI is InChI=1S/C26H50N4O4/c1-20-25(3,4)27(7)16-18-29(20)22(14-12-10-9-11-13-15-23(31)32)24(33)34-30-19-17-28(8)26(5,6)21(30)2/h20-22H,9-19H2,1-8H3,(H,31,32). The molecule has 0 amide bonds. The summed E-state index contributed by atoms with van der Waals surface area (Å²) < 4.78 is 0. The first-order valence-electron chi connectivity index (χ1n) is 13.2. The van der Waals surface area contributed by atoms with E-state index in [1.807, 2.05) is 5.06 Å². The minimum Gasteiger partial charge on any atom is -0.481 e. The first-order valence-corrected chi connectivity index (χ1v) is 13.2. The van der Waals surface area contributed by atoms with E-state index in [1.165, 1.54) is 0 Å². The summed E-state index contributed by atoms with van der Waals surface area (Å²) in [5.74, 6) is -0.860. The molecule has 0 spiro atoms. The summed E-state index contributed by atoms with van der Waals surface area (Å²) in [5.41, 5.74) is -0.107. The third kappa shape index (κ3) is 6.93. The molecule has 8 heteroatoms. The van der Waals surface area contributed by atoms with Crippen molar-refractivity contribution < 1.29 is 19.5 Å². The Balaban J connectivity index is 2.05. The van der Waals surface area contributed by atoms with Crippen molar-refractivity contribution in [2.24, 2.45) is 0 Å². The zero-order chi connectivity index (χ0) is 25.7. The van der Waals surface area contributed by atoms with Gasteiger partial charge in [0.25, 0.3) is 0 Å². The molecule has 2 aliphatic heterocycles. The summed E-state index contributed by atoms with van der Waals surface area (Å²) in [6.45, 7) is 16.6. The van der Waals surface area contributed by atoms with E-state index >= 15 is 0 Å². The average Bonchev–Trinajstić information content (AvgIpc) is 2.76. The number of carbonyl (C=O) groups is 2. The molecule has 3 unspecified atom stereocenters. The van der Waals surface area contributed by atoms with Crippen LogP contribution in [0, 0.1) is 0 Å². The van der Waals surface area contributed by atoms with E-state index < -0.39 is 5.97 Å². The lowest BCUT2D eigenvalue weighted by molar-refractivity contribution is -0.232. The lowest BCUT2D eigenvalue weighted by Gasteiger charge is -2.53. The van der Waals surface area contributed by atoms with Crippen LogP contribution < -0.4 is 0 Å². The van der Waals surface area contributed by atoms with Crippen LogP contribution in [-0.2, 0) is 14.4 Å². The highest BCUT2D eigenvalue weighted by Gasteiger charge is 2.45. The molecule has 34 heavy (non-hydrogen) atoms. The fraction of sp³-hybridized carbons (Fsp3) is 0.923. The van der Waals surface area contributed by atoms with Gasteiger partial charge in [-0.3, -0.25) is 19.5 Å². The monoisotopic (exact) mass is 482 g/mol. The van der Waals surface area contributed by atoms with E-state index in [-0.39, 0.29) is 41.6 Å². The Morgan fingerprint density at radius 3 is 2.00 bits per heavy atom. The molecule has 2 rings (SSSR count). The highest BCUT2D eigenvalue weighted by molar-refractivity contribution is 5.75. The Morgan fingerprint density at radius 2 is 1.38 bits per heavy atom. The second kappa shape index (κ2) is 12.2. The largest absolute Gasteiger partial charge is 0.481 e. The van der Waals surface area contributed by atoms with Crippen molar-refractivity contribution >= 4 is 11.9 Å². The Kier molecular flexibility index (Phi) is 10.4. The first-order chi connectivity index (χ1) is 15.8. The molecule has 0 aromatic carbocycles. The fourth-order valence-electron chi connectivity index (χ4n) is 5.16. The van der Waals surface area contributed by atoms with Crippen molar-refractivity contribution in [3.05, 3.63) is 0 Å². The van der Waals surface area contributed by atoms with Gasteiger partial charge < -0.3 is 9.94 Å². The highest BCUT2D eigenvalue weighted by atomic mass is 16.7. The maximum atomic E-state index is 13.6. The zero-order valence-corrected chi connectivity index (χ0v) is 23.0. The van der Waals surface area contributed by atoms with Crippen LogP contribution >= 0.6 is 0 Å². The molecular weight excluding hydrogens is 432 g/mol. The number of carboxylic acids is 1. The van der Waals surface area contributed by atoms with Crippen LogP contribution in [0.4, 0.5) is 0 Å². The second-order valence-corrected chi connectivity index (χ2v) is 11.5. The van der Waals surface area contributed by atoms with Crippen molar-refractivity contribution in [1.29, 1.82) is 0 Å². The van der Waals surface area contributed by atoms with E-state index in [1.54, 1.807) is 0 Å². The van der Waals surface area contributed by atoms with Gasteiger partial charge >= 0.3 is 11.9 Å². The van der Waals surface area contributed by atoms with Crippen molar-refractivity contribution in [3.63, 3.8) is 0 Å². The van der Waals surface area contributed by atoms with E-state index in [2.05, 4.69) is 70.3 Å². The predicted molar refractivity (Wildman–Crippen MR) is 136 cm³/mol. The van der Waals surface area contributed by atoms with Gasteiger partial charge in [-0.2, -0.15) is 0 Å². The molecule has 1 N–H and O–H groups in total. The molecule has 8 nitrogen and oxygen atoms in total. The van der Waals surface area contributed by atoms with E-state index in [0.29, 0.717) is 6.54 Å². The minimum atomic E-state index is -0.726. The third-order valence-corrected chi connectivity index (χ3v) is 9.04. The van der Waals surface area contributed by atoms with Gasteiger partial charge in [-0.1, -0.05) is 25.7 Å². The lowest BCUT2D eigenvalue weighted by atomic mass is 9.88. The minimum absolute atomic E-state index is 0.0310. The number of hydroxylamine groups is 2. The van der Waals surface area contributed by atoms with Gasteiger partial charge in [0.15, 0.2) is 0 Å². The van der Waals surface area contributed by atoms with Crippen LogP contribution in [0.2, 0.25) is 0 Å². The summed E-state index contributed by atoms with van der Waals surface area (Å²) in [6.07, 6.45) is 5.61. The molecule has 2 heterocycles. The summed E-state index contributed by atoms with van der Waals surface area (Å²) >= 11 is 0. The average molecular weight is 483 g/mol. The number of nitrogens with zero attached hydrogens (tertiary/aromatic N) is 4. The Bertz CT molecular complexity index is 684. The van der Waals surface area contributed by atoms with Crippen LogP contribution in [0.1, 0.15) is 86.5 Å². The number of rotatable bonds is 11. The van der Waals surface area contributed by atoms with Gasteiger partial charge in [0.1, 0.15) is 6.04 Å². The smallest absolute Gasteiger partial charge is 0.342 e. The van der Waals surface area contributed by atoms with E-state index in [9.17, 15) is 9.59 Å². The topological polar surface area (TPSA) is 76.6 Å². The third-order valence-electron chi connectivity index (χ3n) is 9.04. The van der Waals surface area contributed by atoms with Gasteiger partial charge in [0.2, 0.25) is 0 Å². The lowest BCUT2D eigenvalue weighted by Crippen LogP contribution is -2.67. The number of piperazine rings is 2. The van der Waals surface area contributed by atoms with Crippen molar-refractivity contribution in [2.45, 2.75) is 116 Å². The molecule has 2 fully saturated rings. The molecule has 0 aliphatic carbocycles. The molecule has 2 saturated heterocycles. The zero-order valence-electron chi connectivity index (χ0n) is 23.0. The molecular formula is C26H50N4O4. The second-order valence-electron chi connectivity index (χ2n) is 11.5. The SMILES string of the molecule is CC1N(OC(=O)C(CCCCCCCC(=O)O)N2CCN(C)C(C)(C)C2C)CCN(C)C1(C)C. The molecule has 3 atom stereocenters. The Labute approximate surface area is 207 Å². The number of aliphatic carboxylic acids is 1. The van der Waals surface area contributed by atoms with Crippen molar-refractivity contribution in [1.82, 2.24) is 19.8 Å². The summed E-state index contributed by atoms with van der Waals surface area (Å²) in [4.78, 5) is 37.5. The van der Waals surface area contributed by atoms with Crippen LogP contribution in [-0.4, -0.2) is 106 Å². The quantitative estimate of drug-likeness (QED) is 0.449. The molecule has 0 aromatic heterocycles. The van der Waals surface area contributed by atoms with Gasteiger partial charge in [-0.15, -0.1) is 5.06 Å². The Morgan fingerprint density at radius 1 is 0.853 bits per heavy atom. The summed E-state index contributed by atoms with van der Waals surface area (Å²) in [7, 11) is 4.29. The summed E-state index contributed by atoms with van der Waals surface area (Å²) in [5, 5.41) is 10.7. The molecule has 198 valence electrons. The number of carboxylic acid groups (broad SMARTS) is 1. The number of hydrogen-bond acceptors (Lipinski definition) is 7. The van der Waals surface area contributed by atoms with Gasteiger partial charge in [0.05, 0.1) is 6.04 Å². The predicted octanol–water partition coefficient (Wildman–Crippen LogP) is 3.46. The maximum Gasteiger partial charge on any atom is 0.342 e. The van der Waals surface area contributed by atoms with Crippen LogP contribution in [0.5, 0.6) is 0 Å². The van der Waals surface area contributed by atoms with Gasteiger partial charge in [0, 0.05) is 49.7 Å². The van der Waals surface area contributed by atoms with Gasteiger partial charge in [-0.05, 0) is 68.5 Å². The number of carbonyl (C=O) groups excluding carboxylic acids is 1. The molecule has 0 saturated carbocycles. The number of likely N-dealkylation sites (N-methyl/N-ethyl adjacent to an activating group) is 2. The van der Waals surface area contributed by atoms with Crippen LogP contribution in [0.3, 0.4) is 0 Å². The number of unbranched alkanes of at least 4 members (excludes halogenated alkanes) is 4. The first kappa shape index (κ1) is 29.0. The molecule has 0 radical (unpaired) electrons. The van der Waals surface area contributed by atoms with Gasteiger partial charge in [-0.25, -0.2) is 4.79 Å². The van der Waals surface area contributed by atoms with E-state index in [4.69, 9.17) is 9.94 Å². The van der Waals surface area contributed by atoms with E-state index in [0.717, 1.165) is 58.2 Å². The fourth-order valence-corrected chi connectivity index (χ4v) is 5.16. The molecule has 0 aromatic rings. The maximum absolute atomic E-state index is 13.6. The highest BCUT2D eigenvalue weighted by Crippen LogP contribution is 2.31. The van der Waals surface area contributed by atoms with Crippen LogP contribution in [0.15, 0.2) is 0 Å². The Hall–Kier alpha value is -1.22. The van der Waals surface area contributed by atoms with Crippen molar-refractivity contribution in [3.8, 4) is 0 Å². The molecule has 0 bridgehead atoms. The van der Waals surface area contributed by atoms with Crippen molar-refractivity contribution in [2.75, 3.05) is 40.3 Å². The summed E-state index contributed by atoms with van der Waals surface area (Å²) in [6, 6.07) is 0.0594. The number of hydrogen-bond donors (Lipinski definition) is 1. The normalized spacial score (nSPS) is 27.4. The van der Waals surface area contributed by atoms with Crippen LogP contribution in [0.25, 0.3) is 0 Å². The molecule has 2 aliphatic rings.